The summed E-state index contributed by atoms with van der Waals surface area (Å²) >= 11 is 0. The number of benzene rings is 1. The molecule has 31 heavy (non-hydrogen) atoms. The number of nitrogens with zero attached hydrogens (tertiary/aromatic N) is 4. The van der Waals surface area contributed by atoms with E-state index in [1.54, 1.807) is 23.2 Å². The van der Waals surface area contributed by atoms with Crippen LogP contribution in [0.5, 0.6) is 0 Å². The van der Waals surface area contributed by atoms with Crippen molar-refractivity contribution in [1.29, 1.82) is 5.26 Å². The smallest absolute Gasteiger partial charge is 0.262 e. The zero-order chi connectivity index (χ0) is 21.6. The van der Waals surface area contributed by atoms with Gasteiger partial charge in [-0.25, -0.2) is 4.68 Å². The average Bonchev–Trinajstić information content (AvgIpc) is 3.24. The standard InChI is InChI=1S/C25H25N5O/c1-18-8-5-6-12-23(18)28-25(31)20(15-26)14-21-17-30(22-10-3-2-4-11-22)29-24(21)19-9-7-13-27-16-19/h2-4,7,9-11,13-14,16-18,23H,5-6,8,12H2,1H3,(H,28,31)/b20-14+/t18-,23+/m0/s1. The SMILES string of the molecule is C[C@H]1CCCC[C@H]1NC(=O)/C(C#N)=C/c1cn(-c2ccccc2)nc1-c1cccnc1. The maximum atomic E-state index is 12.9. The first-order valence-corrected chi connectivity index (χ1v) is 10.6. The number of carbonyl (C=O) groups excluding carboxylic acids is 1. The number of nitrogens with one attached hydrogen (secondary N) is 1. The molecule has 1 aromatic carbocycles. The third-order valence-electron chi connectivity index (χ3n) is 5.79. The molecule has 1 amide bonds. The highest BCUT2D eigenvalue weighted by Crippen LogP contribution is 2.26. The highest BCUT2D eigenvalue weighted by atomic mass is 16.1. The van der Waals surface area contributed by atoms with Gasteiger partial charge >= 0.3 is 0 Å². The van der Waals surface area contributed by atoms with E-state index >= 15 is 0 Å². The van der Waals surface area contributed by atoms with Gasteiger partial charge in [0.2, 0.25) is 0 Å². The van der Waals surface area contributed by atoms with Crippen LogP contribution in [-0.4, -0.2) is 26.7 Å². The molecule has 0 bridgehead atoms. The average molecular weight is 412 g/mol. The molecular formula is C25H25N5O. The van der Waals surface area contributed by atoms with Crippen molar-refractivity contribution in [3.05, 3.63) is 72.2 Å². The van der Waals surface area contributed by atoms with Crippen LogP contribution in [0.2, 0.25) is 0 Å². The molecule has 0 radical (unpaired) electrons. The molecule has 2 atom stereocenters. The molecule has 1 saturated carbocycles. The van der Waals surface area contributed by atoms with Gasteiger partial charge in [0.15, 0.2) is 0 Å². The molecule has 1 aliphatic carbocycles. The number of amides is 1. The van der Waals surface area contributed by atoms with Crippen molar-refractivity contribution >= 4 is 12.0 Å². The van der Waals surface area contributed by atoms with Crippen molar-refractivity contribution in [2.45, 2.75) is 38.6 Å². The molecule has 0 unspecified atom stereocenters. The van der Waals surface area contributed by atoms with Crippen molar-refractivity contribution in [3.63, 3.8) is 0 Å². The predicted octanol–water partition coefficient (Wildman–Crippen LogP) is 4.54. The van der Waals surface area contributed by atoms with E-state index in [4.69, 9.17) is 5.10 Å². The number of hydrogen-bond donors (Lipinski definition) is 1. The summed E-state index contributed by atoms with van der Waals surface area (Å²) in [5.74, 6) is 0.0928. The summed E-state index contributed by atoms with van der Waals surface area (Å²) in [5, 5.41) is 17.5. The summed E-state index contributed by atoms with van der Waals surface area (Å²) in [4.78, 5) is 17.1. The number of nitriles is 1. The second kappa shape index (κ2) is 9.40. The Morgan fingerprint density at radius 2 is 2.00 bits per heavy atom. The molecule has 2 heterocycles. The molecular weight excluding hydrogens is 386 g/mol. The second-order valence-electron chi connectivity index (χ2n) is 7.97. The lowest BCUT2D eigenvalue weighted by atomic mass is 9.86. The number of para-hydroxylation sites is 1. The molecule has 0 spiro atoms. The molecule has 4 rings (SSSR count). The van der Waals surface area contributed by atoms with Gasteiger partial charge in [-0.3, -0.25) is 9.78 Å². The van der Waals surface area contributed by atoms with Gasteiger partial charge in [-0.2, -0.15) is 10.4 Å². The van der Waals surface area contributed by atoms with Crippen LogP contribution in [0.25, 0.3) is 23.0 Å². The summed E-state index contributed by atoms with van der Waals surface area (Å²) in [5.41, 5.74) is 3.16. The van der Waals surface area contributed by atoms with Gasteiger partial charge in [0, 0.05) is 35.8 Å². The van der Waals surface area contributed by atoms with Crippen LogP contribution in [0.3, 0.4) is 0 Å². The van der Waals surface area contributed by atoms with E-state index in [1.165, 1.54) is 6.42 Å². The molecule has 0 saturated heterocycles. The van der Waals surface area contributed by atoms with Gasteiger partial charge in [-0.05, 0) is 49.1 Å². The fourth-order valence-corrected chi connectivity index (χ4v) is 4.01. The van der Waals surface area contributed by atoms with Gasteiger partial charge in [-0.1, -0.05) is 38.0 Å². The molecule has 3 aromatic rings. The Hall–Kier alpha value is -3.72. The molecule has 2 aromatic heterocycles. The summed E-state index contributed by atoms with van der Waals surface area (Å²) in [6.07, 6.45) is 11.3. The highest BCUT2D eigenvalue weighted by Gasteiger charge is 2.24. The van der Waals surface area contributed by atoms with E-state index in [0.29, 0.717) is 17.2 Å². The van der Waals surface area contributed by atoms with Crippen LogP contribution in [-0.2, 0) is 4.79 Å². The number of carbonyl (C=O) groups is 1. The van der Waals surface area contributed by atoms with Crippen molar-refractivity contribution in [2.24, 2.45) is 5.92 Å². The minimum atomic E-state index is -0.328. The molecule has 1 aliphatic rings. The van der Waals surface area contributed by atoms with Gasteiger partial charge < -0.3 is 5.32 Å². The Balaban J connectivity index is 1.69. The molecule has 1 N–H and O–H groups in total. The Morgan fingerprint density at radius 1 is 1.19 bits per heavy atom. The van der Waals surface area contributed by atoms with Crippen LogP contribution >= 0.6 is 0 Å². The summed E-state index contributed by atoms with van der Waals surface area (Å²) in [7, 11) is 0. The number of pyridine rings is 1. The van der Waals surface area contributed by atoms with Crippen LogP contribution in [0.15, 0.2) is 66.6 Å². The fourth-order valence-electron chi connectivity index (χ4n) is 4.01. The highest BCUT2D eigenvalue weighted by molar-refractivity contribution is 6.02. The molecule has 6 heteroatoms. The minimum Gasteiger partial charge on any atom is -0.348 e. The third-order valence-corrected chi connectivity index (χ3v) is 5.79. The van der Waals surface area contributed by atoms with Gasteiger partial charge in [0.05, 0.1) is 5.69 Å². The zero-order valence-electron chi connectivity index (χ0n) is 17.5. The first kappa shape index (κ1) is 20.5. The maximum absolute atomic E-state index is 12.9. The predicted molar refractivity (Wildman–Crippen MR) is 120 cm³/mol. The maximum Gasteiger partial charge on any atom is 0.262 e. The van der Waals surface area contributed by atoms with Gasteiger partial charge in [0.25, 0.3) is 5.91 Å². The van der Waals surface area contributed by atoms with Crippen molar-refractivity contribution in [3.8, 4) is 23.0 Å². The van der Waals surface area contributed by atoms with Crippen molar-refractivity contribution < 1.29 is 4.79 Å². The molecule has 0 aliphatic heterocycles. The quantitative estimate of drug-likeness (QED) is 0.494. The largest absolute Gasteiger partial charge is 0.348 e. The lowest BCUT2D eigenvalue weighted by Crippen LogP contribution is -2.41. The minimum absolute atomic E-state index is 0.0792. The lowest BCUT2D eigenvalue weighted by Gasteiger charge is -2.29. The normalized spacial score (nSPS) is 18.9. The second-order valence-corrected chi connectivity index (χ2v) is 7.97. The van der Waals surface area contributed by atoms with E-state index in [1.807, 2.05) is 48.7 Å². The van der Waals surface area contributed by atoms with Crippen LogP contribution < -0.4 is 5.32 Å². The van der Waals surface area contributed by atoms with Crippen LogP contribution in [0.4, 0.5) is 0 Å². The topological polar surface area (TPSA) is 83.6 Å². The fraction of sp³-hybridized carbons (Fsp3) is 0.280. The summed E-state index contributed by atoms with van der Waals surface area (Å²) in [6.45, 7) is 2.16. The van der Waals surface area contributed by atoms with Crippen LogP contribution in [0.1, 0.15) is 38.2 Å². The monoisotopic (exact) mass is 411 g/mol. The Kier molecular flexibility index (Phi) is 6.23. The number of rotatable bonds is 5. The molecule has 156 valence electrons. The lowest BCUT2D eigenvalue weighted by molar-refractivity contribution is -0.118. The molecule has 1 fully saturated rings. The van der Waals surface area contributed by atoms with Crippen LogP contribution in [0, 0.1) is 17.2 Å². The number of aromatic nitrogens is 3. The van der Waals surface area contributed by atoms with Crippen molar-refractivity contribution in [1.82, 2.24) is 20.1 Å². The van der Waals surface area contributed by atoms with E-state index in [0.717, 1.165) is 30.5 Å². The summed E-state index contributed by atoms with van der Waals surface area (Å²) < 4.78 is 1.75. The first-order valence-electron chi connectivity index (χ1n) is 10.6. The Morgan fingerprint density at radius 3 is 2.71 bits per heavy atom. The third kappa shape index (κ3) is 4.72. The van der Waals surface area contributed by atoms with E-state index in [9.17, 15) is 10.1 Å². The van der Waals surface area contributed by atoms with Gasteiger partial charge in [-0.15, -0.1) is 0 Å². The summed E-state index contributed by atoms with van der Waals surface area (Å²) in [6, 6.07) is 15.7. The zero-order valence-corrected chi connectivity index (χ0v) is 17.5. The van der Waals surface area contributed by atoms with E-state index in [-0.39, 0.29) is 17.5 Å². The van der Waals surface area contributed by atoms with Gasteiger partial charge in [0.1, 0.15) is 17.3 Å². The molecule has 6 nitrogen and oxygen atoms in total. The Labute approximate surface area is 182 Å². The van der Waals surface area contributed by atoms with Crippen molar-refractivity contribution in [2.75, 3.05) is 0 Å². The number of hydrogen-bond acceptors (Lipinski definition) is 4. The Bertz CT molecular complexity index is 1110. The first-order chi connectivity index (χ1) is 15.2. The van der Waals surface area contributed by atoms with E-state index < -0.39 is 0 Å². The van der Waals surface area contributed by atoms with E-state index in [2.05, 4.69) is 23.3 Å².